The highest BCUT2D eigenvalue weighted by Crippen LogP contribution is 2.36. The van der Waals surface area contributed by atoms with Crippen LogP contribution in [-0.2, 0) is 9.22 Å². The van der Waals surface area contributed by atoms with Gasteiger partial charge in [-0.25, -0.2) is 4.79 Å². The molecule has 0 saturated heterocycles. The Kier molecular flexibility index (Phi) is 4.67. The van der Waals surface area contributed by atoms with Crippen molar-refractivity contribution in [2.45, 2.75) is 38.9 Å². The summed E-state index contributed by atoms with van der Waals surface area (Å²) in [6.07, 6.45) is 0.961. The van der Waals surface area contributed by atoms with E-state index in [0.29, 0.717) is 0 Å². The van der Waals surface area contributed by atoms with E-state index in [2.05, 4.69) is 20.8 Å². The molecule has 0 heterocycles. The van der Waals surface area contributed by atoms with E-state index < -0.39 is 20.1 Å². The molecule has 88 valence electrons. The molecule has 0 aliphatic rings. The normalized spacial score (nSPS) is 14.1. The van der Waals surface area contributed by atoms with E-state index in [4.69, 9.17) is 9.53 Å². The van der Waals surface area contributed by atoms with Crippen molar-refractivity contribution in [3.63, 3.8) is 0 Å². The molecule has 0 aromatic rings. The summed E-state index contributed by atoms with van der Waals surface area (Å²) in [5.74, 6) is -2.71. The van der Waals surface area contributed by atoms with Gasteiger partial charge in [0.15, 0.2) is 8.32 Å². The molecule has 0 rings (SSSR count). The molecule has 0 aromatic carbocycles. The first-order valence-electron chi connectivity index (χ1n) is 4.81. The van der Waals surface area contributed by atoms with E-state index in [0.717, 1.165) is 6.08 Å². The minimum atomic E-state index is -1.91. The van der Waals surface area contributed by atoms with Gasteiger partial charge in [-0.05, 0) is 24.2 Å². The number of carbonyl (C=O) groups is 1. The molecule has 0 spiro atoms. The fourth-order valence-electron chi connectivity index (χ4n) is 0.627. The van der Waals surface area contributed by atoms with Crippen LogP contribution >= 0.6 is 0 Å². The van der Waals surface area contributed by atoms with Crippen LogP contribution in [0.5, 0.6) is 0 Å². The van der Waals surface area contributed by atoms with Crippen molar-refractivity contribution in [3.8, 4) is 0 Å². The quantitative estimate of drug-likeness (QED) is 0.601. The second-order valence-electron chi connectivity index (χ2n) is 4.93. The summed E-state index contributed by atoms with van der Waals surface area (Å²) >= 11 is 0. The lowest BCUT2D eigenvalue weighted by Crippen LogP contribution is -2.40. The SMILES string of the molecule is CC(C)(C)[Si](C)(C)OC/C=C(\F)C(=O)O. The number of carboxylic acid groups (broad SMARTS) is 1. The molecule has 5 heteroatoms. The first-order chi connectivity index (χ1) is 6.58. The predicted molar refractivity (Wildman–Crippen MR) is 60.0 cm³/mol. The van der Waals surface area contributed by atoms with Crippen LogP contribution in [0.15, 0.2) is 11.9 Å². The van der Waals surface area contributed by atoms with Gasteiger partial charge in [-0.1, -0.05) is 20.8 Å². The number of hydrogen-bond acceptors (Lipinski definition) is 2. The zero-order chi connectivity index (χ0) is 12.3. The maximum atomic E-state index is 12.6. The van der Waals surface area contributed by atoms with E-state index in [1.54, 1.807) is 0 Å². The zero-order valence-corrected chi connectivity index (χ0v) is 10.9. The fourth-order valence-corrected chi connectivity index (χ4v) is 1.56. The molecular formula is C10H19FO3Si. The third kappa shape index (κ3) is 4.57. The first-order valence-corrected chi connectivity index (χ1v) is 7.71. The Bertz CT molecular complexity index is 266. The number of rotatable bonds is 4. The molecule has 0 aliphatic heterocycles. The summed E-state index contributed by atoms with van der Waals surface area (Å²) in [6, 6.07) is 0. The highest BCUT2D eigenvalue weighted by molar-refractivity contribution is 6.74. The highest BCUT2D eigenvalue weighted by atomic mass is 28.4. The first kappa shape index (κ1) is 14.3. The van der Waals surface area contributed by atoms with Crippen molar-refractivity contribution in [3.05, 3.63) is 11.9 Å². The summed E-state index contributed by atoms with van der Waals surface area (Å²) in [5, 5.41) is 8.33. The summed E-state index contributed by atoms with van der Waals surface area (Å²) in [6.45, 7) is 10.3. The second kappa shape index (κ2) is 4.89. The molecule has 0 fully saturated rings. The summed E-state index contributed by atoms with van der Waals surface area (Å²) in [7, 11) is -1.91. The van der Waals surface area contributed by atoms with Gasteiger partial charge in [0.2, 0.25) is 5.83 Å². The Morgan fingerprint density at radius 2 is 1.93 bits per heavy atom. The molecule has 0 aromatic heterocycles. The zero-order valence-electron chi connectivity index (χ0n) is 9.93. The van der Waals surface area contributed by atoms with Gasteiger partial charge < -0.3 is 9.53 Å². The van der Waals surface area contributed by atoms with Gasteiger partial charge in [-0.2, -0.15) is 4.39 Å². The Balaban J connectivity index is 4.30. The Labute approximate surface area is 91.1 Å². The van der Waals surface area contributed by atoms with Gasteiger partial charge in [0.25, 0.3) is 0 Å². The lowest BCUT2D eigenvalue weighted by molar-refractivity contribution is -0.134. The number of carboxylic acids is 1. The average Bonchev–Trinajstić information content (AvgIpc) is 2.01. The average molecular weight is 234 g/mol. The third-order valence-electron chi connectivity index (χ3n) is 2.72. The number of aliphatic carboxylic acids is 1. The highest BCUT2D eigenvalue weighted by Gasteiger charge is 2.36. The summed E-state index contributed by atoms with van der Waals surface area (Å²) in [4.78, 5) is 10.2. The van der Waals surface area contributed by atoms with Gasteiger partial charge in [-0.3, -0.25) is 0 Å². The van der Waals surface area contributed by atoms with Crippen molar-refractivity contribution in [1.82, 2.24) is 0 Å². The van der Waals surface area contributed by atoms with Crippen molar-refractivity contribution < 1.29 is 18.7 Å². The molecule has 0 bridgehead atoms. The Hall–Kier alpha value is -0.683. The van der Waals surface area contributed by atoms with Crippen LogP contribution in [0.2, 0.25) is 18.1 Å². The Morgan fingerprint density at radius 3 is 2.27 bits per heavy atom. The molecule has 1 N–H and O–H groups in total. The number of hydrogen-bond donors (Lipinski definition) is 1. The molecule has 0 unspecified atom stereocenters. The van der Waals surface area contributed by atoms with Crippen molar-refractivity contribution in [2.24, 2.45) is 0 Å². The monoisotopic (exact) mass is 234 g/mol. The molecule has 0 aliphatic carbocycles. The van der Waals surface area contributed by atoms with Crippen LogP contribution in [0, 0.1) is 0 Å². The summed E-state index contributed by atoms with van der Waals surface area (Å²) in [5.41, 5.74) is 0. The van der Waals surface area contributed by atoms with E-state index in [-0.39, 0.29) is 11.6 Å². The van der Waals surface area contributed by atoms with Crippen LogP contribution in [-0.4, -0.2) is 26.0 Å². The topological polar surface area (TPSA) is 46.5 Å². The molecule has 15 heavy (non-hydrogen) atoms. The summed E-state index contributed by atoms with van der Waals surface area (Å²) < 4.78 is 18.2. The van der Waals surface area contributed by atoms with Crippen LogP contribution in [0.1, 0.15) is 20.8 Å². The van der Waals surface area contributed by atoms with E-state index in [1.807, 2.05) is 13.1 Å². The van der Waals surface area contributed by atoms with Gasteiger partial charge >= 0.3 is 5.97 Å². The Morgan fingerprint density at radius 1 is 1.47 bits per heavy atom. The molecular weight excluding hydrogens is 215 g/mol. The minimum Gasteiger partial charge on any atom is -0.476 e. The third-order valence-corrected chi connectivity index (χ3v) is 7.22. The van der Waals surface area contributed by atoms with E-state index in [1.165, 1.54) is 0 Å². The molecule has 0 saturated carbocycles. The predicted octanol–water partition coefficient (Wildman–Crippen LogP) is 2.95. The fraction of sp³-hybridized carbons (Fsp3) is 0.700. The van der Waals surface area contributed by atoms with E-state index >= 15 is 0 Å². The van der Waals surface area contributed by atoms with Gasteiger partial charge in [0.1, 0.15) is 0 Å². The van der Waals surface area contributed by atoms with Crippen molar-refractivity contribution in [2.75, 3.05) is 6.61 Å². The molecule has 0 atom stereocenters. The van der Waals surface area contributed by atoms with Crippen molar-refractivity contribution >= 4 is 14.3 Å². The van der Waals surface area contributed by atoms with Gasteiger partial charge in [0, 0.05) is 0 Å². The molecule has 0 amide bonds. The van der Waals surface area contributed by atoms with Crippen LogP contribution in [0.4, 0.5) is 4.39 Å². The maximum Gasteiger partial charge on any atom is 0.364 e. The second-order valence-corrected chi connectivity index (χ2v) is 9.74. The molecule has 0 radical (unpaired) electrons. The van der Waals surface area contributed by atoms with Crippen LogP contribution in [0.3, 0.4) is 0 Å². The number of halogens is 1. The smallest absolute Gasteiger partial charge is 0.364 e. The lowest BCUT2D eigenvalue weighted by Gasteiger charge is -2.35. The van der Waals surface area contributed by atoms with Crippen LogP contribution < -0.4 is 0 Å². The van der Waals surface area contributed by atoms with Gasteiger partial charge in [-0.15, -0.1) is 0 Å². The maximum absolute atomic E-state index is 12.6. The van der Waals surface area contributed by atoms with Gasteiger partial charge in [0.05, 0.1) is 6.61 Å². The van der Waals surface area contributed by atoms with Crippen molar-refractivity contribution in [1.29, 1.82) is 0 Å². The largest absolute Gasteiger partial charge is 0.476 e. The van der Waals surface area contributed by atoms with Crippen LogP contribution in [0.25, 0.3) is 0 Å². The minimum absolute atomic E-state index is 0.0224. The standard InChI is InChI=1S/C10H19FO3Si/c1-10(2,3)15(4,5)14-7-6-8(11)9(12)13/h6H,7H2,1-5H3,(H,12,13)/b8-6-. The lowest BCUT2D eigenvalue weighted by atomic mass is 10.2. The molecule has 3 nitrogen and oxygen atoms in total. The van der Waals surface area contributed by atoms with E-state index in [9.17, 15) is 9.18 Å².